The van der Waals surface area contributed by atoms with E-state index in [9.17, 15) is 5.11 Å². The molecule has 114 valence electrons. The van der Waals surface area contributed by atoms with Crippen molar-refractivity contribution in [1.29, 1.82) is 0 Å². The third-order valence-corrected chi connectivity index (χ3v) is 3.00. The van der Waals surface area contributed by atoms with Crippen molar-refractivity contribution in [2.45, 2.75) is 33.4 Å². The minimum Gasteiger partial charge on any atom is -0.491 e. The molecule has 0 spiro atoms. The third kappa shape index (κ3) is 5.21. The predicted molar refractivity (Wildman–Crippen MR) is 80.4 cm³/mol. The van der Waals surface area contributed by atoms with Crippen LogP contribution in [0.4, 0.5) is 0 Å². The number of aliphatic hydroxyl groups excluding tert-OH is 1. The fourth-order valence-corrected chi connectivity index (χ4v) is 2.14. The Balaban J connectivity index is 1.70. The van der Waals surface area contributed by atoms with Gasteiger partial charge in [-0.1, -0.05) is 11.2 Å². The molecule has 1 aromatic heterocycles. The summed E-state index contributed by atoms with van der Waals surface area (Å²) in [5.74, 6) is 1.57. The molecule has 0 fully saturated rings. The summed E-state index contributed by atoms with van der Waals surface area (Å²) in [5.41, 5.74) is 3.13. The van der Waals surface area contributed by atoms with Crippen LogP contribution in [-0.2, 0) is 6.54 Å². The van der Waals surface area contributed by atoms with Crippen LogP contribution >= 0.6 is 0 Å². The number of nitrogens with zero attached hydrogens (tertiary/aromatic N) is 1. The van der Waals surface area contributed by atoms with Crippen LogP contribution in [0.15, 0.2) is 28.8 Å². The van der Waals surface area contributed by atoms with Crippen LogP contribution in [-0.4, -0.2) is 29.5 Å². The summed E-state index contributed by atoms with van der Waals surface area (Å²) >= 11 is 0. The number of hydrogen-bond acceptors (Lipinski definition) is 5. The maximum absolute atomic E-state index is 9.90. The standard InChI is InChI=1S/C16H22N2O3/c1-11-4-12(2)6-16(5-11)20-10-15(19)9-17-8-14-7-13(3)21-18-14/h4-7,15,17,19H,8-10H2,1-3H3. The first-order valence-corrected chi connectivity index (χ1v) is 7.05. The van der Waals surface area contributed by atoms with E-state index >= 15 is 0 Å². The number of aliphatic hydroxyl groups is 1. The van der Waals surface area contributed by atoms with Gasteiger partial charge in [0.05, 0.1) is 5.69 Å². The average Bonchev–Trinajstić information content (AvgIpc) is 2.81. The van der Waals surface area contributed by atoms with Crippen molar-refractivity contribution in [3.05, 3.63) is 46.8 Å². The van der Waals surface area contributed by atoms with Crippen molar-refractivity contribution in [2.24, 2.45) is 0 Å². The quantitative estimate of drug-likeness (QED) is 0.817. The van der Waals surface area contributed by atoms with E-state index in [0.29, 0.717) is 13.1 Å². The van der Waals surface area contributed by atoms with Crippen molar-refractivity contribution in [3.63, 3.8) is 0 Å². The molecule has 5 nitrogen and oxygen atoms in total. The maximum Gasteiger partial charge on any atom is 0.133 e. The molecule has 1 atom stereocenters. The van der Waals surface area contributed by atoms with Gasteiger partial charge in [-0.3, -0.25) is 0 Å². The van der Waals surface area contributed by atoms with Gasteiger partial charge < -0.3 is 19.7 Å². The molecule has 5 heteroatoms. The SMILES string of the molecule is Cc1cc(C)cc(OCC(O)CNCc2cc(C)on2)c1. The fourth-order valence-electron chi connectivity index (χ4n) is 2.14. The molecule has 0 bridgehead atoms. The van der Waals surface area contributed by atoms with Crippen LogP contribution in [0.1, 0.15) is 22.6 Å². The van der Waals surface area contributed by atoms with E-state index in [4.69, 9.17) is 9.26 Å². The second-order valence-corrected chi connectivity index (χ2v) is 5.35. The van der Waals surface area contributed by atoms with E-state index in [-0.39, 0.29) is 6.61 Å². The number of hydrogen-bond donors (Lipinski definition) is 2. The number of rotatable bonds is 7. The van der Waals surface area contributed by atoms with E-state index in [1.54, 1.807) is 0 Å². The highest BCUT2D eigenvalue weighted by molar-refractivity contribution is 5.32. The van der Waals surface area contributed by atoms with Crippen LogP contribution in [0.5, 0.6) is 5.75 Å². The molecule has 1 heterocycles. The van der Waals surface area contributed by atoms with Gasteiger partial charge in [0.2, 0.25) is 0 Å². The Hall–Kier alpha value is -1.85. The lowest BCUT2D eigenvalue weighted by molar-refractivity contribution is 0.106. The van der Waals surface area contributed by atoms with Crippen LogP contribution < -0.4 is 10.1 Å². The summed E-state index contributed by atoms with van der Waals surface area (Å²) in [7, 11) is 0. The first-order chi connectivity index (χ1) is 10.0. The van der Waals surface area contributed by atoms with Gasteiger partial charge in [0, 0.05) is 19.2 Å². The highest BCUT2D eigenvalue weighted by Crippen LogP contribution is 2.16. The molecule has 2 rings (SSSR count). The molecular formula is C16H22N2O3. The molecule has 0 aliphatic carbocycles. The molecule has 1 aromatic carbocycles. The summed E-state index contributed by atoms with van der Waals surface area (Å²) in [6.07, 6.45) is -0.571. The van der Waals surface area contributed by atoms with Crippen molar-refractivity contribution < 1.29 is 14.4 Å². The number of aryl methyl sites for hydroxylation is 3. The Kier molecular flexibility index (Phi) is 5.36. The molecule has 0 aliphatic rings. The van der Waals surface area contributed by atoms with Crippen molar-refractivity contribution in [2.75, 3.05) is 13.2 Å². The van der Waals surface area contributed by atoms with Crippen molar-refractivity contribution >= 4 is 0 Å². The third-order valence-electron chi connectivity index (χ3n) is 3.00. The molecular weight excluding hydrogens is 268 g/mol. The van der Waals surface area contributed by atoms with E-state index < -0.39 is 6.10 Å². The van der Waals surface area contributed by atoms with Crippen LogP contribution in [0, 0.1) is 20.8 Å². The summed E-state index contributed by atoms with van der Waals surface area (Å²) in [6, 6.07) is 7.88. The molecule has 0 saturated heterocycles. The van der Waals surface area contributed by atoms with Gasteiger partial charge in [-0.15, -0.1) is 0 Å². The van der Waals surface area contributed by atoms with Crippen LogP contribution in [0.3, 0.4) is 0 Å². The largest absolute Gasteiger partial charge is 0.491 e. The lowest BCUT2D eigenvalue weighted by atomic mass is 10.1. The average molecular weight is 290 g/mol. The smallest absolute Gasteiger partial charge is 0.133 e. The zero-order chi connectivity index (χ0) is 15.2. The van der Waals surface area contributed by atoms with Crippen LogP contribution in [0.2, 0.25) is 0 Å². The first kappa shape index (κ1) is 15.5. The molecule has 2 aromatic rings. The number of benzene rings is 1. The second-order valence-electron chi connectivity index (χ2n) is 5.35. The minimum absolute atomic E-state index is 0.258. The van der Waals surface area contributed by atoms with E-state index in [2.05, 4.69) is 16.5 Å². The Morgan fingerprint density at radius 3 is 2.52 bits per heavy atom. The number of aromatic nitrogens is 1. The molecule has 0 radical (unpaired) electrons. The summed E-state index contributed by atoms with van der Waals surface area (Å²) in [6.45, 7) is 7.17. The zero-order valence-electron chi connectivity index (χ0n) is 12.7. The first-order valence-electron chi connectivity index (χ1n) is 7.05. The molecule has 2 N–H and O–H groups in total. The van der Waals surface area contributed by atoms with Gasteiger partial charge in [0.15, 0.2) is 0 Å². The number of nitrogens with one attached hydrogen (secondary N) is 1. The van der Waals surface area contributed by atoms with E-state index in [1.165, 1.54) is 0 Å². The maximum atomic E-state index is 9.90. The van der Waals surface area contributed by atoms with E-state index in [0.717, 1.165) is 28.3 Å². The van der Waals surface area contributed by atoms with Gasteiger partial charge >= 0.3 is 0 Å². The van der Waals surface area contributed by atoms with Gasteiger partial charge in [-0.05, 0) is 44.0 Å². The van der Waals surface area contributed by atoms with Crippen molar-refractivity contribution in [3.8, 4) is 5.75 Å². The lowest BCUT2D eigenvalue weighted by Gasteiger charge is -2.13. The highest BCUT2D eigenvalue weighted by atomic mass is 16.5. The van der Waals surface area contributed by atoms with Gasteiger partial charge in [0.25, 0.3) is 0 Å². The summed E-state index contributed by atoms with van der Waals surface area (Å²) in [4.78, 5) is 0. The Morgan fingerprint density at radius 1 is 1.19 bits per heavy atom. The van der Waals surface area contributed by atoms with Crippen molar-refractivity contribution in [1.82, 2.24) is 10.5 Å². The zero-order valence-corrected chi connectivity index (χ0v) is 12.7. The molecule has 0 saturated carbocycles. The van der Waals surface area contributed by atoms with E-state index in [1.807, 2.05) is 39.0 Å². The molecule has 1 unspecified atom stereocenters. The van der Waals surface area contributed by atoms with Gasteiger partial charge in [-0.2, -0.15) is 0 Å². The second kappa shape index (κ2) is 7.24. The summed E-state index contributed by atoms with van der Waals surface area (Å²) < 4.78 is 10.6. The molecule has 0 amide bonds. The highest BCUT2D eigenvalue weighted by Gasteiger charge is 2.07. The van der Waals surface area contributed by atoms with Gasteiger partial charge in [-0.25, -0.2) is 0 Å². The molecule has 0 aliphatic heterocycles. The molecule has 21 heavy (non-hydrogen) atoms. The Bertz CT molecular complexity index is 560. The Morgan fingerprint density at radius 2 is 1.90 bits per heavy atom. The fraction of sp³-hybridized carbons (Fsp3) is 0.438. The monoisotopic (exact) mass is 290 g/mol. The number of ether oxygens (including phenoxy) is 1. The minimum atomic E-state index is -0.571. The van der Waals surface area contributed by atoms with Gasteiger partial charge in [0.1, 0.15) is 24.2 Å². The predicted octanol–water partition coefficient (Wildman–Crippen LogP) is 2.13. The lowest BCUT2D eigenvalue weighted by Crippen LogP contribution is -2.31. The normalized spacial score (nSPS) is 12.4. The van der Waals surface area contributed by atoms with Crippen LogP contribution in [0.25, 0.3) is 0 Å². The topological polar surface area (TPSA) is 67.5 Å². The Labute approximate surface area is 124 Å². The summed E-state index contributed by atoms with van der Waals surface area (Å²) in [5, 5.41) is 16.9.